The van der Waals surface area contributed by atoms with Crippen LogP contribution in [0.2, 0.25) is 0 Å². The molecule has 4 heterocycles. The first kappa shape index (κ1) is 15.3. The summed E-state index contributed by atoms with van der Waals surface area (Å²) in [5, 5.41) is 6.32. The molecule has 4 saturated heterocycles. The minimum absolute atomic E-state index is 0.198. The van der Waals surface area contributed by atoms with Crippen LogP contribution in [-0.4, -0.2) is 62.7 Å². The Morgan fingerprint density at radius 2 is 2.05 bits per heavy atom. The molecule has 0 radical (unpaired) electrons. The minimum Gasteiger partial charge on any atom is -0.332 e. The second-order valence-corrected chi connectivity index (χ2v) is 7.76. The van der Waals surface area contributed by atoms with Gasteiger partial charge in [0.25, 0.3) is 0 Å². The summed E-state index contributed by atoms with van der Waals surface area (Å²) in [4.78, 5) is 10.2. The first-order chi connectivity index (χ1) is 10.8. The summed E-state index contributed by atoms with van der Waals surface area (Å²) in [6, 6.07) is 0.613. The molecule has 0 saturated carbocycles. The highest BCUT2D eigenvalue weighted by Crippen LogP contribution is 2.23. The number of likely N-dealkylation sites (tertiary alicyclic amines) is 2. The highest BCUT2D eigenvalue weighted by atomic mass is 16.7. The van der Waals surface area contributed by atoms with E-state index >= 15 is 0 Å². The molecule has 0 spiro atoms. The van der Waals surface area contributed by atoms with E-state index in [1.807, 2.05) is 0 Å². The average molecular weight is 311 g/mol. The molecular weight excluding hydrogens is 278 g/mol. The third-order valence-electron chi connectivity index (χ3n) is 6.35. The van der Waals surface area contributed by atoms with Crippen LogP contribution in [0.3, 0.4) is 0 Å². The highest BCUT2D eigenvalue weighted by Gasteiger charge is 2.43. The number of hydrogen-bond donors (Lipinski definition) is 4. The van der Waals surface area contributed by atoms with Gasteiger partial charge in [0.1, 0.15) is 12.2 Å². The summed E-state index contributed by atoms with van der Waals surface area (Å²) in [7, 11) is 2.30. The van der Waals surface area contributed by atoms with Gasteiger partial charge in [-0.1, -0.05) is 0 Å². The van der Waals surface area contributed by atoms with Crippen LogP contribution in [0.5, 0.6) is 0 Å². The zero-order valence-corrected chi connectivity index (χ0v) is 13.9. The maximum atomic E-state index is 5.93. The molecule has 22 heavy (non-hydrogen) atoms. The number of nitrogens with two attached hydrogens (primary N) is 1. The van der Waals surface area contributed by atoms with Gasteiger partial charge in [-0.15, -0.1) is 0 Å². The number of hydrogen-bond acceptors (Lipinski definition) is 4. The fraction of sp³-hybridized carbons (Fsp3) is 1.00. The van der Waals surface area contributed by atoms with Crippen LogP contribution in [0.1, 0.15) is 38.5 Å². The summed E-state index contributed by atoms with van der Waals surface area (Å²) in [6.45, 7) is 5.14. The predicted molar refractivity (Wildman–Crippen MR) is 83.8 cm³/mol. The lowest BCUT2D eigenvalue weighted by Gasteiger charge is -2.35. The van der Waals surface area contributed by atoms with Gasteiger partial charge in [0, 0.05) is 44.7 Å². The van der Waals surface area contributed by atoms with Gasteiger partial charge in [-0.3, -0.25) is 15.1 Å². The van der Waals surface area contributed by atoms with E-state index in [-0.39, 0.29) is 6.23 Å². The smallest absolute Gasteiger partial charge is 0.183 e. The number of nitrogens with zero attached hydrogens (tertiary/aromatic N) is 1. The Hall–Kier alpha value is -0.240. The van der Waals surface area contributed by atoms with Gasteiger partial charge in [0.2, 0.25) is 0 Å². The zero-order valence-electron chi connectivity index (χ0n) is 13.9. The lowest BCUT2D eigenvalue weighted by molar-refractivity contribution is -0.896. The Balaban J connectivity index is 1.32. The quantitative estimate of drug-likeness (QED) is 0.479. The lowest BCUT2D eigenvalue weighted by atomic mass is 9.92. The van der Waals surface area contributed by atoms with Gasteiger partial charge in [-0.25, -0.2) is 0 Å². The van der Waals surface area contributed by atoms with Crippen molar-refractivity contribution in [2.75, 3.05) is 33.2 Å². The van der Waals surface area contributed by atoms with Crippen LogP contribution < -0.4 is 21.0 Å². The topological polar surface area (TPSA) is 57.6 Å². The third-order valence-corrected chi connectivity index (χ3v) is 6.35. The molecule has 0 bridgehead atoms. The van der Waals surface area contributed by atoms with Crippen LogP contribution in [-0.2, 0) is 4.84 Å². The van der Waals surface area contributed by atoms with E-state index in [0.29, 0.717) is 24.3 Å². The Kier molecular flexibility index (Phi) is 4.66. The van der Waals surface area contributed by atoms with Crippen molar-refractivity contribution in [1.29, 1.82) is 0 Å². The van der Waals surface area contributed by atoms with Gasteiger partial charge in [0.05, 0.1) is 26.3 Å². The standard InChI is InChI=1S/C16H31N5O/c1-20-8-4-5-13(20)16-18-15(19-22-16)12-6-7-17-14(11-12)21-9-2-3-10-21/h12-19H,2-11H2,1H3/p+2/t12?,13-,14?,15?,16?/m0/s1. The Bertz CT molecular complexity index is 376. The molecule has 6 atom stereocenters. The SMILES string of the molecule is C[NH+]1CCC[C@H]1C1NC(C2CC[NH2+]C(N3CCCC3)C2)NO1. The molecule has 4 aliphatic rings. The van der Waals surface area contributed by atoms with Crippen molar-refractivity contribution < 1.29 is 15.1 Å². The molecule has 0 aromatic rings. The maximum absolute atomic E-state index is 5.93. The van der Waals surface area contributed by atoms with Crippen molar-refractivity contribution in [3.63, 3.8) is 0 Å². The largest absolute Gasteiger partial charge is 0.332 e. The van der Waals surface area contributed by atoms with Crippen molar-refractivity contribution >= 4 is 0 Å². The van der Waals surface area contributed by atoms with Gasteiger partial charge >= 0.3 is 0 Å². The van der Waals surface area contributed by atoms with Crippen molar-refractivity contribution in [3.05, 3.63) is 0 Å². The van der Waals surface area contributed by atoms with Crippen molar-refractivity contribution in [2.24, 2.45) is 5.92 Å². The number of quaternary nitrogens is 2. The molecule has 6 heteroatoms. The third kappa shape index (κ3) is 3.05. The molecule has 0 aliphatic carbocycles. The Morgan fingerprint density at radius 1 is 1.18 bits per heavy atom. The van der Waals surface area contributed by atoms with Gasteiger partial charge < -0.3 is 10.2 Å². The molecule has 4 fully saturated rings. The highest BCUT2D eigenvalue weighted by molar-refractivity contribution is 4.85. The summed E-state index contributed by atoms with van der Waals surface area (Å²) < 4.78 is 0. The summed E-state index contributed by atoms with van der Waals surface area (Å²) in [5.74, 6) is 0.697. The fourth-order valence-electron chi connectivity index (χ4n) is 4.97. The van der Waals surface area contributed by atoms with Crippen molar-refractivity contribution in [2.45, 2.75) is 63.1 Å². The molecule has 5 N–H and O–H groups in total. The van der Waals surface area contributed by atoms with Crippen LogP contribution in [0.25, 0.3) is 0 Å². The second kappa shape index (κ2) is 6.71. The van der Waals surface area contributed by atoms with Gasteiger partial charge in [-0.05, 0) is 12.8 Å². The average Bonchev–Trinajstić information content (AvgIpc) is 3.28. The minimum atomic E-state index is 0.198. The summed E-state index contributed by atoms with van der Waals surface area (Å²) in [5.41, 5.74) is 3.33. The molecule has 0 amide bonds. The molecule has 5 unspecified atom stereocenters. The molecule has 0 aromatic carbocycles. The van der Waals surface area contributed by atoms with Crippen LogP contribution >= 0.6 is 0 Å². The van der Waals surface area contributed by atoms with E-state index < -0.39 is 0 Å². The van der Waals surface area contributed by atoms with E-state index in [4.69, 9.17) is 4.84 Å². The van der Waals surface area contributed by atoms with E-state index in [2.05, 4.69) is 28.1 Å². The van der Waals surface area contributed by atoms with E-state index in [1.54, 1.807) is 4.90 Å². The zero-order chi connectivity index (χ0) is 14.9. The monoisotopic (exact) mass is 311 g/mol. The molecular formula is C16H33N5O+2. The Labute approximate surface area is 133 Å². The predicted octanol–water partition coefficient (Wildman–Crippen LogP) is -2.16. The van der Waals surface area contributed by atoms with Crippen LogP contribution in [0.15, 0.2) is 0 Å². The molecule has 0 aromatic heterocycles. The number of rotatable bonds is 3. The molecule has 6 nitrogen and oxygen atoms in total. The number of piperidine rings is 1. The maximum Gasteiger partial charge on any atom is 0.183 e. The first-order valence-electron chi connectivity index (χ1n) is 9.38. The van der Waals surface area contributed by atoms with Crippen molar-refractivity contribution in [1.82, 2.24) is 15.7 Å². The van der Waals surface area contributed by atoms with Crippen LogP contribution in [0.4, 0.5) is 0 Å². The van der Waals surface area contributed by atoms with Crippen molar-refractivity contribution in [3.8, 4) is 0 Å². The number of likely N-dealkylation sites (N-methyl/N-ethyl adjacent to an activating group) is 1. The first-order valence-corrected chi connectivity index (χ1v) is 9.38. The Morgan fingerprint density at radius 3 is 2.82 bits per heavy atom. The van der Waals surface area contributed by atoms with E-state index in [0.717, 1.165) is 0 Å². The molecule has 4 rings (SSSR count). The van der Waals surface area contributed by atoms with Crippen LogP contribution in [0, 0.1) is 5.92 Å². The number of nitrogens with one attached hydrogen (secondary N) is 3. The summed E-state index contributed by atoms with van der Waals surface area (Å²) >= 11 is 0. The number of hydroxylamine groups is 1. The summed E-state index contributed by atoms with van der Waals surface area (Å²) in [6.07, 6.45) is 9.20. The molecule has 126 valence electrons. The lowest BCUT2D eigenvalue weighted by Crippen LogP contribution is -3.12. The fourth-order valence-corrected chi connectivity index (χ4v) is 4.97. The van der Waals surface area contributed by atoms with Gasteiger partial charge in [-0.2, -0.15) is 5.48 Å². The van der Waals surface area contributed by atoms with Gasteiger partial charge in [0.15, 0.2) is 6.23 Å². The van der Waals surface area contributed by atoms with E-state index in [1.165, 1.54) is 64.7 Å². The van der Waals surface area contributed by atoms with E-state index in [9.17, 15) is 0 Å². The molecule has 4 aliphatic heterocycles. The normalized spacial score (nSPS) is 47.3. The second-order valence-electron chi connectivity index (χ2n) is 7.76.